The molecule has 1 aromatic heterocycles. The van der Waals surface area contributed by atoms with Crippen LogP contribution in [0.3, 0.4) is 0 Å². The smallest absolute Gasteiger partial charge is 0.191 e. The first-order valence-electron chi connectivity index (χ1n) is 8.59. The molecule has 24 heavy (non-hydrogen) atoms. The van der Waals surface area contributed by atoms with Gasteiger partial charge in [-0.15, -0.1) is 35.3 Å². The standard InChI is InChI=1S/C18H32N4S.HI/c1-18(2,3)13-21-17(19-4)20-12-14-8-6-10-22(5)16(14)15-9-7-11-23-15;/h7,9,11,14,16H,6,8,10,12-13H2,1-5H3,(H2,19,20,21);1H. The minimum Gasteiger partial charge on any atom is -0.356 e. The fourth-order valence-electron chi connectivity index (χ4n) is 3.18. The molecule has 6 heteroatoms. The van der Waals surface area contributed by atoms with Gasteiger partial charge in [0.25, 0.3) is 0 Å². The summed E-state index contributed by atoms with van der Waals surface area (Å²) >= 11 is 1.88. The Kier molecular flexibility index (Phi) is 9.01. The molecule has 2 N–H and O–H groups in total. The van der Waals surface area contributed by atoms with E-state index >= 15 is 0 Å². The number of hydrogen-bond donors (Lipinski definition) is 2. The Morgan fingerprint density at radius 3 is 2.71 bits per heavy atom. The molecule has 2 atom stereocenters. The van der Waals surface area contributed by atoms with E-state index in [1.165, 1.54) is 24.3 Å². The van der Waals surface area contributed by atoms with E-state index in [2.05, 4.69) is 65.9 Å². The molecule has 0 saturated carbocycles. The van der Waals surface area contributed by atoms with Crippen molar-refractivity contribution in [1.29, 1.82) is 0 Å². The first-order chi connectivity index (χ1) is 10.9. The van der Waals surface area contributed by atoms with E-state index in [1.54, 1.807) is 0 Å². The van der Waals surface area contributed by atoms with Gasteiger partial charge in [-0.05, 0) is 49.2 Å². The summed E-state index contributed by atoms with van der Waals surface area (Å²) in [5, 5.41) is 9.17. The Morgan fingerprint density at radius 2 is 2.12 bits per heavy atom. The highest BCUT2D eigenvalue weighted by Gasteiger charge is 2.31. The summed E-state index contributed by atoms with van der Waals surface area (Å²) in [5.41, 5.74) is 0.252. The number of hydrogen-bond acceptors (Lipinski definition) is 3. The molecule has 1 fully saturated rings. The SMILES string of the molecule is CN=C(NCC1CCCN(C)C1c1cccs1)NCC(C)(C)C.I. The summed E-state index contributed by atoms with van der Waals surface area (Å²) in [6.07, 6.45) is 2.55. The Balaban J connectivity index is 0.00000288. The molecule has 0 aromatic carbocycles. The lowest BCUT2D eigenvalue weighted by Crippen LogP contribution is -2.46. The van der Waals surface area contributed by atoms with Gasteiger partial charge in [0.15, 0.2) is 5.96 Å². The normalized spacial score (nSPS) is 22.8. The van der Waals surface area contributed by atoms with Gasteiger partial charge in [-0.25, -0.2) is 0 Å². The maximum absolute atomic E-state index is 4.37. The number of piperidine rings is 1. The predicted octanol–water partition coefficient (Wildman–Crippen LogP) is 3.96. The first kappa shape index (κ1) is 21.7. The summed E-state index contributed by atoms with van der Waals surface area (Å²) in [6.45, 7) is 9.78. The zero-order valence-corrected chi connectivity index (χ0v) is 18.8. The molecule has 0 radical (unpaired) electrons. The Bertz CT molecular complexity index is 496. The van der Waals surface area contributed by atoms with Gasteiger partial charge in [-0.1, -0.05) is 26.8 Å². The van der Waals surface area contributed by atoms with E-state index in [9.17, 15) is 0 Å². The molecular formula is C18H33IN4S. The van der Waals surface area contributed by atoms with E-state index in [-0.39, 0.29) is 29.4 Å². The summed E-state index contributed by atoms with van der Waals surface area (Å²) < 4.78 is 0. The van der Waals surface area contributed by atoms with Crippen LogP contribution in [-0.2, 0) is 0 Å². The van der Waals surface area contributed by atoms with Gasteiger partial charge in [-0.3, -0.25) is 9.89 Å². The molecule has 1 saturated heterocycles. The van der Waals surface area contributed by atoms with Crippen LogP contribution >= 0.6 is 35.3 Å². The lowest BCUT2D eigenvalue weighted by Gasteiger charge is -2.39. The van der Waals surface area contributed by atoms with Crippen LogP contribution < -0.4 is 10.6 Å². The number of nitrogens with zero attached hydrogens (tertiary/aromatic N) is 2. The zero-order chi connectivity index (χ0) is 16.9. The molecule has 138 valence electrons. The van der Waals surface area contributed by atoms with Gasteiger partial charge >= 0.3 is 0 Å². The Hall–Kier alpha value is -0.340. The van der Waals surface area contributed by atoms with Gasteiger partial charge in [-0.2, -0.15) is 0 Å². The van der Waals surface area contributed by atoms with Crippen LogP contribution in [0.25, 0.3) is 0 Å². The fourth-order valence-corrected chi connectivity index (χ4v) is 4.16. The average Bonchev–Trinajstić information content (AvgIpc) is 3.00. The predicted molar refractivity (Wildman–Crippen MR) is 117 cm³/mol. The van der Waals surface area contributed by atoms with E-state index in [0.717, 1.165) is 19.0 Å². The molecule has 0 spiro atoms. The maximum Gasteiger partial charge on any atom is 0.191 e. The molecule has 4 nitrogen and oxygen atoms in total. The highest BCUT2D eigenvalue weighted by atomic mass is 127. The second-order valence-corrected chi connectivity index (χ2v) is 8.69. The molecule has 1 aliphatic rings. The van der Waals surface area contributed by atoms with Crippen molar-refractivity contribution in [2.45, 2.75) is 39.7 Å². The molecular weight excluding hydrogens is 431 g/mol. The topological polar surface area (TPSA) is 39.7 Å². The minimum absolute atomic E-state index is 0. The molecule has 1 aliphatic heterocycles. The van der Waals surface area contributed by atoms with Gasteiger partial charge in [0.2, 0.25) is 0 Å². The number of likely N-dealkylation sites (tertiary alicyclic amines) is 1. The van der Waals surface area contributed by atoms with Gasteiger partial charge in [0.1, 0.15) is 0 Å². The number of thiophene rings is 1. The van der Waals surface area contributed by atoms with Crippen LogP contribution in [0.15, 0.2) is 22.5 Å². The summed E-state index contributed by atoms with van der Waals surface area (Å²) in [7, 11) is 4.10. The summed E-state index contributed by atoms with van der Waals surface area (Å²) in [5.74, 6) is 1.54. The minimum atomic E-state index is 0. The van der Waals surface area contributed by atoms with Gasteiger partial charge in [0, 0.05) is 31.1 Å². The van der Waals surface area contributed by atoms with E-state index < -0.39 is 0 Å². The van der Waals surface area contributed by atoms with E-state index in [4.69, 9.17) is 0 Å². The molecule has 0 aliphatic carbocycles. The second kappa shape index (κ2) is 9.97. The highest BCUT2D eigenvalue weighted by Crippen LogP contribution is 2.36. The second-order valence-electron chi connectivity index (χ2n) is 7.71. The van der Waals surface area contributed by atoms with E-state index in [1.807, 2.05) is 18.4 Å². The maximum atomic E-state index is 4.37. The monoisotopic (exact) mass is 464 g/mol. The van der Waals surface area contributed by atoms with Crippen molar-refractivity contribution in [3.8, 4) is 0 Å². The van der Waals surface area contributed by atoms with Gasteiger partial charge < -0.3 is 10.6 Å². The molecule has 0 bridgehead atoms. The Labute approximate surface area is 168 Å². The number of halogens is 1. The molecule has 2 heterocycles. The number of nitrogens with one attached hydrogen (secondary N) is 2. The van der Waals surface area contributed by atoms with Crippen LogP contribution in [0.5, 0.6) is 0 Å². The first-order valence-corrected chi connectivity index (χ1v) is 9.47. The molecule has 2 unspecified atom stereocenters. The van der Waals surface area contributed by atoms with Crippen LogP contribution in [0, 0.1) is 11.3 Å². The van der Waals surface area contributed by atoms with Crippen molar-refractivity contribution < 1.29 is 0 Å². The van der Waals surface area contributed by atoms with Crippen molar-refractivity contribution in [1.82, 2.24) is 15.5 Å². The van der Waals surface area contributed by atoms with Crippen molar-refractivity contribution >= 4 is 41.3 Å². The van der Waals surface area contributed by atoms with Crippen molar-refractivity contribution in [2.24, 2.45) is 16.3 Å². The third kappa shape index (κ3) is 6.52. The molecule has 2 rings (SSSR count). The Morgan fingerprint density at radius 1 is 1.38 bits per heavy atom. The van der Waals surface area contributed by atoms with Crippen molar-refractivity contribution in [3.05, 3.63) is 22.4 Å². The number of guanidine groups is 1. The highest BCUT2D eigenvalue weighted by molar-refractivity contribution is 14.0. The average molecular weight is 464 g/mol. The fraction of sp³-hybridized carbons (Fsp3) is 0.722. The third-order valence-electron chi connectivity index (χ3n) is 4.38. The van der Waals surface area contributed by atoms with Crippen molar-refractivity contribution in [3.63, 3.8) is 0 Å². The van der Waals surface area contributed by atoms with Crippen LogP contribution in [0.2, 0.25) is 0 Å². The van der Waals surface area contributed by atoms with Crippen LogP contribution in [0.1, 0.15) is 44.5 Å². The summed E-state index contributed by atoms with van der Waals surface area (Å²) in [4.78, 5) is 8.36. The van der Waals surface area contributed by atoms with Crippen LogP contribution in [0.4, 0.5) is 0 Å². The largest absolute Gasteiger partial charge is 0.356 e. The summed E-state index contributed by atoms with van der Waals surface area (Å²) in [6, 6.07) is 4.96. The van der Waals surface area contributed by atoms with Crippen molar-refractivity contribution in [2.75, 3.05) is 33.7 Å². The lowest BCUT2D eigenvalue weighted by atomic mass is 9.88. The molecule has 0 amide bonds. The number of aliphatic imine (C=N–C) groups is 1. The zero-order valence-electron chi connectivity index (χ0n) is 15.6. The molecule has 1 aromatic rings. The van der Waals surface area contributed by atoms with Crippen LogP contribution in [-0.4, -0.2) is 44.6 Å². The number of rotatable bonds is 4. The third-order valence-corrected chi connectivity index (χ3v) is 5.33. The van der Waals surface area contributed by atoms with Gasteiger partial charge in [0.05, 0.1) is 0 Å². The van der Waals surface area contributed by atoms with E-state index in [0.29, 0.717) is 12.0 Å². The quantitative estimate of drug-likeness (QED) is 0.403. The lowest BCUT2D eigenvalue weighted by molar-refractivity contribution is 0.125.